The fourth-order valence-electron chi connectivity index (χ4n) is 1.73. The number of aromatic nitrogens is 2. The summed E-state index contributed by atoms with van der Waals surface area (Å²) in [6, 6.07) is 1.98. The molecule has 0 fully saturated rings. The molecule has 2 aromatic rings. The van der Waals surface area contributed by atoms with Gasteiger partial charge in [-0.3, -0.25) is 0 Å². The number of aryl methyl sites for hydroxylation is 1. The third-order valence-electron chi connectivity index (χ3n) is 2.53. The summed E-state index contributed by atoms with van der Waals surface area (Å²) in [5.74, 6) is 1.01. The third-order valence-corrected chi connectivity index (χ3v) is 4.25. The maximum Gasteiger partial charge on any atom is 0.226 e. The van der Waals surface area contributed by atoms with Crippen molar-refractivity contribution in [2.24, 2.45) is 5.14 Å². The van der Waals surface area contributed by atoms with E-state index in [1.165, 1.54) is 0 Å². The van der Waals surface area contributed by atoms with E-state index < -0.39 is 10.0 Å². The lowest BCUT2D eigenvalue weighted by atomic mass is 10.3. The van der Waals surface area contributed by atoms with Crippen LogP contribution in [0.25, 0.3) is 10.2 Å². The first-order chi connectivity index (χ1) is 9.39. The van der Waals surface area contributed by atoms with Crippen molar-refractivity contribution in [2.75, 3.05) is 29.5 Å². The van der Waals surface area contributed by atoms with Gasteiger partial charge in [-0.25, -0.2) is 18.5 Å². The second-order valence-corrected chi connectivity index (χ2v) is 7.26. The molecular formula is C11H17N5O2S2. The highest BCUT2D eigenvalue weighted by molar-refractivity contribution is 7.89. The summed E-state index contributed by atoms with van der Waals surface area (Å²) in [5.41, 5.74) is 0. The molecule has 2 rings (SSSR count). The summed E-state index contributed by atoms with van der Waals surface area (Å²) >= 11 is 1.57. The molecule has 0 bridgehead atoms. The number of anilines is 2. The fraction of sp³-hybridized carbons (Fsp3) is 0.455. The topological polar surface area (TPSA) is 110 Å². The second-order valence-electron chi connectivity index (χ2n) is 4.30. The quantitative estimate of drug-likeness (QED) is 0.737. The molecule has 20 heavy (non-hydrogen) atoms. The van der Waals surface area contributed by atoms with Gasteiger partial charge >= 0.3 is 0 Å². The average molecular weight is 315 g/mol. The highest BCUT2D eigenvalue weighted by Crippen LogP contribution is 2.29. The van der Waals surface area contributed by atoms with Gasteiger partial charge in [0, 0.05) is 18.0 Å². The lowest BCUT2D eigenvalue weighted by molar-refractivity contribution is 0.598. The Labute approximate surface area is 121 Å². The van der Waals surface area contributed by atoms with Gasteiger partial charge in [-0.1, -0.05) is 0 Å². The minimum absolute atomic E-state index is 0.141. The number of nitrogens with zero attached hydrogens (tertiary/aromatic N) is 2. The zero-order valence-electron chi connectivity index (χ0n) is 11.3. The molecule has 0 aliphatic rings. The van der Waals surface area contributed by atoms with Gasteiger partial charge in [-0.05, 0) is 19.9 Å². The first kappa shape index (κ1) is 14.9. The summed E-state index contributed by atoms with van der Waals surface area (Å²) in [6.07, 6.45) is 0. The van der Waals surface area contributed by atoms with Crippen LogP contribution < -0.4 is 15.8 Å². The molecule has 0 saturated heterocycles. The number of primary sulfonamides is 1. The van der Waals surface area contributed by atoms with Crippen LogP contribution in [0.3, 0.4) is 0 Å². The summed E-state index contributed by atoms with van der Waals surface area (Å²) in [4.78, 5) is 10.8. The predicted octanol–water partition coefficient (Wildman–Crippen LogP) is 1.13. The van der Waals surface area contributed by atoms with Crippen LogP contribution in [0.4, 0.5) is 11.8 Å². The third kappa shape index (κ3) is 3.78. The van der Waals surface area contributed by atoms with Gasteiger partial charge in [0.15, 0.2) is 0 Å². The minimum atomic E-state index is -3.48. The number of thiophene rings is 1. The van der Waals surface area contributed by atoms with E-state index in [4.69, 9.17) is 5.14 Å². The number of hydrogen-bond donors (Lipinski definition) is 3. The molecule has 0 spiro atoms. The van der Waals surface area contributed by atoms with Gasteiger partial charge in [0.25, 0.3) is 0 Å². The molecule has 0 unspecified atom stereocenters. The predicted molar refractivity (Wildman–Crippen MR) is 82.8 cm³/mol. The maximum atomic E-state index is 11.0. The lowest BCUT2D eigenvalue weighted by Gasteiger charge is -2.08. The zero-order valence-corrected chi connectivity index (χ0v) is 12.9. The first-order valence-corrected chi connectivity index (χ1v) is 8.68. The molecule has 0 saturated carbocycles. The molecule has 0 amide bonds. The van der Waals surface area contributed by atoms with Crippen LogP contribution in [-0.2, 0) is 10.0 Å². The Bertz CT molecular complexity index is 711. The number of sulfonamides is 1. The molecule has 0 atom stereocenters. The molecule has 110 valence electrons. The normalized spacial score (nSPS) is 11.8. The minimum Gasteiger partial charge on any atom is -0.368 e. The van der Waals surface area contributed by atoms with E-state index >= 15 is 0 Å². The summed E-state index contributed by atoms with van der Waals surface area (Å²) in [5, 5.41) is 11.9. The van der Waals surface area contributed by atoms with Crippen molar-refractivity contribution >= 4 is 43.3 Å². The van der Waals surface area contributed by atoms with Crippen LogP contribution in [0.15, 0.2) is 6.07 Å². The van der Waals surface area contributed by atoms with E-state index in [1.54, 1.807) is 11.3 Å². The number of hydrogen-bond acceptors (Lipinski definition) is 7. The molecule has 4 N–H and O–H groups in total. The summed E-state index contributed by atoms with van der Waals surface area (Å²) in [6.45, 7) is 4.88. The van der Waals surface area contributed by atoms with Gasteiger partial charge in [0.2, 0.25) is 16.0 Å². The van der Waals surface area contributed by atoms with Crippen LogP contribution in [0.2, 0.25) is 0 Å². The highest BCUT2D eigenvalue weighted by atomic mass is 32.2. The van der Waals surface area contributed by atoms with E-state index in [9.17, 15) is 8.42 Å². The first-order valence-electron chi connectivity index (χ1n) is 6.15. The molecule has 0 aliphatic heterocycles. The molecule has 9 heteroatoms. The smallest absolute Gasteiger partial charge is 0.226 e. The van der Waals surface area contributed by atoms with Crippen LogP contribution in [0.1, 0.15) is 11.8 Å². The Morgan fingerprint density at radius 2 is 2.10 bits per heavy atom. The van der Waals surface area contributed by atoms with E-state index in [0.29, 0.717) is 18.3 Å². The number of nitrogens with one attached hydrogen (secondary N) is 2. The Balaban J connectivity index is 2.29. The molecule has 0 aromatic carbocycles. The van der Waals surface area contributed by atoms with Crippen LogP contribution in [0, 0.1) is 6.92 Å². The molecule has 7 nitrogen and oxygen atoms in total. The number of fused-ring (bicyclic) bond motifs is 1. The van der Waals surface area contributed by atoms with Crippen LogP contribution in [-0.4, -0.2) is 37.2 Å². The molecule has 0 radical (unpaired) electrons. The Kier molecular flexibility index (Phi) is 4.41. The van der Waals surface area contributed by atoms with Gasteiger partial charge in [-0.15, -0.1) is 11.3 Å². The fourth-order valence-corrected chi connectivity index (χ4v) is 2.99. The monoisotopic (exact) mass is 315 g/mol. The van der Waals surface area contributed by atoms with Crippen LogP contribution in [0.5, 0.6) is 0 Å². The van der Waals surface area contributed by atoms with Gasteiger partial charge in [-0.2, -0.15) is 4.98 Å². The highest BCUT2D eigenvalue weighted by Gasteiger charge is 2.11. The van der Waals surface area contributed by atoms with Gasteiger partial charge < -0.3 is 10.6 Å². The average Bonchev–Trinajstić information content (AvgIpc) is 2.68. The van der Waals surface area contributed by atoms with E-state index in [1.807, 2.05) is 19.9 Å². The molecule has 2 aromatic heterocycles. The van der Waals surface area contributed by atoms with E-state index in [2.05, 4.69) is 20.6 Å². The number of rotatable bonds is 6. The molecule has 0 aliphatic carbocycles. The van der Waals surface area contributed by atoms with Gasteiger partial charge in [0.1, 0.15) is 10.6 Å². The van der Waals surface area contributed by atoms with Crippen molar-refractivity contribution < 1.29 is 8.42 Å². The van der Waals surface area contributed by atoms with Crippen molar-refractivity contribution in [2.45, 2.75) is 13.8 Å². The summed E-state index contributed by atoms with van der Waals surface area (Å²) in [7, 11) is -3.48. The zero-order chi connectivity index (χ0) is 14.8. The SMILES string of the molecule is CCNc1nc(NCCS(N)(=O)=O)c2cc(C)sc2n1. The lowest BCUT2D eigenvalue weighted by Crippen LogP contribution is -2.22. The largest absolute Gasteiger partial charge is 0.368 e. The van der Waals surface area contributed by atoms with Gasteiger partial charge in [0.05, 0.1) is 11.1 Å². The Morgan fingerprint density at radius 3 is 2.75 bits per heavy atom. The second kappa shape index (κ2) is 5.90. The van der Waals surface area contributed by atoms with E-state index in [0.717, 1.165) is 15.1 Å². The van der Waals surface area contributed by atoms with E-state index in [-0.39, 0.29) is 12.3 Å². The molecule has 2 heterocycles. The van der Waals surface area contributed by atoms with Crippen molar-refractivity contribution in [1.82, 2.24) is 9.97 Å². The van der Waals surface area contributed by atoms with Crippen molar-refractivity contribution in [3.05, 3.63) is 10.9 Å². The Morgan fingerprint density at radius 1 is 1.35 bits per heavy atom. The van der Waals surface area contributed by atoms with Crippen molar-refractivity contribution in [3.8, 4) is 0 Å². The van der Waals surface area contributed by atoms with Crippen molar-refractivity contribution in [1.29, 1.82) is 0 Å². The maximum absolute atomic E-state index is 11.0. The number of nitrogens with two attached hydrogens (primary N) is 1. The summed E-state index contributed by atoms with van der Waals surface area (Å²) < 4.78 is 21.9. The molecular weight excluding hydrogens is 298 g/mol. The standard InChI is InChI=1S/C11H17N5O2S2/c1-3-13-11-15-9(14-4-5-20(12,17)18)8-6-7(2)19-10(8)16-11/h6H,3-5H2,1-2H3,(H2,12,17,18)(H2,13,14,15,16). The van der Waals surface area contributed by atoms with Crippen molar-refractivity contribution in [3.63, 3.8) is 0 Å². The van der Waals surface area contributed by atoms with Crippen LogP contribution >= 0.6 is 11.3 Å². The Hall–Kier alpha value is -1.45.